The molecule has 0 aromatic heterocycles. The van der Waals surface area contributed by atoms with Gasteiger partial charge >= 0.3 is 0 Å². The van der Waals surface area contributed by atoms with E-state index in [0.29, 0.717) is 0 Å². The van der Waals surface area contributed by atoms with Crippen LogP contribution in [-0.2, 0) is 0 Å². The van der Waals surface area contributed by atoms with Crippen molar-refractivity contribution in [2.45, 2.75) is 6.92 Å². The molecule has 3 rings (SSSR count). The standard InChI is InChI=1S/C21H18Si/c1-18-10-8-9-11-19(18)16-17-22(20-12-4-2-5-13-20)21-14-6-3-7-15-21/h2-15,22H,1H3. The van der Waals surface area contributed by atoms with E-state index in [-0.39, 0.29) is 0 Å². The molecule has 0 aliphatic carbocycles. The summed E-state index contributed by atoms with van der Waals surface area (Å²) in [5.74, 6) is 3.42. The minimum Gasteiger partial charge on any atom is -0.119 e. The third kappa shape index (κ3) is 3.36. The lowest BCUT2D eigenvalue weighted by Crippen LogP contribution is -2.41. The molecule has 0 N–H and O–H groups in total. The molecule has 22 heavy (non-hydrogen) atoms. The summed E-state index contributed by atoms with van der Waals surface area (Å²) in [4.78, 5) is 0. The van der Waals surface area contributed by atoms with E-state index in [0.717, 1.165) is 5.56 Å². The van der Waals surface area contributed by atoms with Crippen molar-refractivity contribution in [1.29, 1.82) is 0 Å². The molecule has 106 valence electrons. The molecular formula is C21H18Si. The normalized spacial score (nSPS) is 10.1. The summed E-state index contributed by atoms with van der Waals surface area (Å²) in [6.45, 7) is 2.12. The highest BCUT2D eigenvalue weighted by molar-refractivity contribution is 6.91. The topological polar surface area (TPSA) is 0 Å². The number of benzene rings is 3. The summed E-state index contributed by atoms with van der Waals surface area (Å²) in [6.07, 6.45) is 0. The van der Waals surface area contributed by atoms with E-state index in [2.05, 4.69) is 103 Å². The Labute approximate surface area is 134 Å². The van der Waals surface area contributed by atoms with Gasteiger partial charge in [0.25, 0.3) is 0 Å². The lowest BCUT2D eigenvalue weighted by atomic mass is 10.1. The first-order valence-electron chi connectivity index (χ1n) is 7.51. The number of hydrogen-bond donors (Lipinski definition) is 0. The summed E-state index contributed by atoms with van der Waals surface area (Å²) >= 11 is 0. The first kappa shape index (κ1) is 14.4. The van der Waals surface area contributed by atoms with Crippen LogP contribution in [0.25, 0.3) is 0 Å². The van der Waals surface area contributed by atoms with Gasteiger partial charge in [0, 0.05) is 5.56 Å². The van der Waals surface area contributed by atoms with Crippen LogP contribution < -0.4 is 10.4 Å². The first-order valence-corrected chi connectivity index (χ1v) is 9.25. The average Bonchev–Trinajstić information content (AvgIpc) is 2.59. The van der Waals surface area contributed by atoms with Crippen LogP contribution in [0.4, 0.5) is 0 Å². The summed E-state index contributed by atoms with van der Waals surface area (Å²) in [5.41, 5.74) is 5.97. The van der Waals surface area contributed by atoms with E-state index < -0.39 is 8.80 Å². The van der Waals surface area contributed by atoms with Gasteiger partial charge < -0.3 is 0 Å². The molecule has 0 nitrogen and oxygen atoms in total. The molecule has 0 spiro atoms. The fraction of sp³-hybridized carbons (Fsp3) is 0.0476. The van der Waals surface area contributed by atoms with Crippen molar-refractivity contribution >= 4 is 19.2 Å². The zero-order valence-electron chi connectivity index (χ0n) is 12.7. The van der Waals surface area contributed by atoms with Gasteiger partial charge in [0.15, 0.2) is 8.80 Å². The molecule has 0 radical (unpaired) electrons. The second kappa shape index (κ2) is 6.93. The summed E-state index contributed by atoms with van der Waals surface area (Å²) in [6, 6.07) is 29.7. The highest BCUT2D eigenvalue weighted by Crippen LogP contribution is 2.04. The average molecular weight is 298 g/mol. The Hall–Kier alpha value is -2.56. The van der Waals surface area contributed by atoms with Gasteiger partial charge in [0.2, 0.25) is 0 Å². The van der Waals surface area contributed by atoms with Crippen LogP contribution in [0.3, 0.4) is 0 Å². The van der Waals surface area contributed by atoms with E-state index >= 15 is 0 Å². The molecule has 0 saturated heterocycles. The molecule has 0 bridgehead atoms. The maximum Gasteiger partial charge on any atom is 0.184 e. The van der Waals surface area contributed by atoms with Crippen molar-refractivity contribution in [3.05, 3.63) is 96.1 Å². The number of aryl methyl sites for hydroxylation is 1. The third-order valence-electron chi connectivity index (χ3n) is 3.76. The Bertz CT molecular complexity index is 756. The van der Waals surface area contributed by atoms with Crippen molar-refractivity contribution < 1.29 is 0 Å². The molecular weight excluding hydrogens is 280 g/mol. The molecule has 0 saturated carbocycles. The van der Waals surface area contributed by atoms with Gasteiger partial charge in [-0.25, -0.2) is 0 Å². The Balaban J connectivity index is 2.03. The van der Waals surface area contributed by atoms with Crippen molar-refractivity contribution in [3.8, 4) is 11.5 Å². The Kier molecular flexibility index (Phi) is 4.53. The lowest BCUT2D eigenvalue weighted by Gasteiger charge is -2.09. The van der Waals surface area contributed by atoms with Crippen molar-refractivity contribution in [2.75, 3.05) is 0 Å². The van der Waals surface area contributed by atoms with Crippen LogP contribution in [0.1, 0.15) is 11.1 Å². The minimum absolute atomic E-state index is 1.13. The zero-order valence-corrected chi connectivity index (χ0v) is 13.8. The molecule has 0 amide bonds. The van der Waals surface area contributed by atoms with Crippen molar-refractivity contribution in [3.63, 3.8) is 0 Å². The Morgan fingerprint density at radius 3 is 1.68 bits per heavy atom. The van der Waals surface area contributed by atoms with E-state index in [9.17, 15) is 0 Å². The number of hydrogen-bond acceptors (Lipinski definition) is 0. The van der Waals surface area contributed by atoms with Crippen molar-refractivity contribution in [1.82, 2.24) is 0 Å². The summed E-state index contributed by atoms with van der Waals surface area (Å²) in [5, 5.41) is 2.74. The van der Waals surface area contributed by atoms with Gasteiger partial charge in [-0.05, 0) is 28.9 Å². The van der Waals surface area contributed by atoms with E-state index in [1.54, 1.807) is 0 Å². The van der Waals surface area contributed by atoms with Crippen LogP contribution in [0.2, 0.25) is 0 Å². The summed E-state index contributed by atoms with van der Waals surface area (Å²) in [7, 11) is -1.50. The zero-order chi connectivity index (χ0) is 15.2. The van der Waals surface area contributed by atoms with Gasteiger partial charge in [-0.1, -0.05) is 84.8 Å². The first-order chi connectivity index (χ1) is 10.8. The van der Waals surface area contributed by atoms with E-state index in [4.69, 9.17) is 0 Å². The Morgan fingerprint density at radius 2 is 1.14 bits per heavy atom. The highest BCUT2D eigenvalue weighted by atomic mass is 28.3. The van der Waals surface area contributed by atoms with E-state index in [1.807, 2.05) is 0 Å². The fourth-order valence-electron chi connectivity index (χ4n) is 2.51. The SMILES string of the molecule is Cc1ccccc1C#C[SiH](c1ccccc1)c1ccccc1. The minimum atomic E-state index is -1.50. The van der Waals surface area contributed by atoms with Gasteiger partial charge in [0.05, 0.1) is 0 Å². The van der Waals surface area contributed by atoms with Crippen LogP contribution in [0.15, 0.2) is 84.9 Å². The lowest BCUT2D eigenvalue weighted by molar-refractivity contribution is 1.44. The molecule has 3 aromatic rings. The van der Waals surface area contributed by atoms with Crippen molar-refractivity contribution in [2.24, 2.45) is 0 Å². The molecule has 0 fully saturated rings. The second-order valence-electron chi connectivity index (χ2n) is 5.34. The molecule has 0 atom stereocenters. The molecule has 1 heteroatoms. The molecule has 0 aliphatic heterocycles. The van der Waals surface area contributed by atoms with Gasteiger partial charge in [-0.3, -0.25) is 0 Å². The maximum absolute atomic E-state index is 3.60. The predicted molar refractivity (Wildman–Crippen MR) is 97.4 cm³/mol. The highest BCUT2D eigenvalue weighted by Gasteiger charge is 2.13. The fourth-order valence-corrected chi connectivity index (χ4v) is 4.75. The van der Waals surface area contributed by atoms with Gasteiger partial charge in [0.1, 0.15) is 0 Å². The van der Waals surface area contributed by atoms with Crippen LogP contribution >= 0.6 is 0 Å². The van der Waals surface area contributed by atoms with Gasteiger partial charge in [-0.15, -0.1) is 5.54 Å². The van der Waals surface area contributed by atoms with Gasteiger partial charge in [-0.2, -0.15) is 0 Å². The number of rotatable bonds is 2. The monoisotopic (exact) mass is 298 g/mol. The van der Waals surface area contributed by atoms with Crippen LogP contribution in [0.5, 0.6) is 0 Å². The second-order valence-corrected chi connectivity index (χ2v) is 7.83. The quantitative estimate of drug-likeness (QED) is 0.504. The molecule has 0 unspecified atom stereocenters. The molecule has 0 aliphatic rings. The maximum atomic E-state index is 3.60. The van der Waals surface area contributed by atoms with Crippen LogP contribution in [0, 0.1) is 18.4 Å². The predicted octanol–water partition coefficient (Wildman–Crippen LogP) is 2.93. The van der Waals surface area contributed by atoms with E-state index in [1.165, 1.54) is 15.9 Å². The Morgan fingerprint density at radius 1 is 0.636 bits per heavy atom. The molecule has 3 aromatic carbocycles. The smallest absolute Gasteiger partial charge is 0.119 e. The third-order valence-corrected chi connectivity index (χ3v) is 6.30. The van der Waals surface area contributed by atoms with Crippen LogP contribution in [-0.4, -0.2) is 8.80 Å². The largest absolute Gasteiger partial charge is 0.184 e. The summed E-state index contributed by atoms with van der Waals surface area (Å²) < 4.78 is 0. The molecule has 0 heterocycles.